The summed E-state index contributed by atoms with van der Waals surface area (Å²) in [5, 5.41) is 0. The Kier molecular flexibility index (Phi) is 7.73. The molecule has 0 aromatic carbocycles. The summed E-state index contributed by atoms with van der Waals surface area (Å²) in [5.74, 6) is 2.55. The molecular weight excluding hydrogens is 160 g/mol. The van der Waals surface area contributed by atoms with Crippen molar-refractivity contribution in [3.8, 4) is 0 Å². The summed E-state index contributed by atoms with van der Waals surface area (Å²) in [4.78, 5) is 10.5. The van der Waals surface area contributed by atoms with Gasteiger partial charge < -0.3 is 0 Å². The van der Waals surface area contributed by atoms with Crippen molar-refractivity contribution in [1.29, 1.82) is 0 Å². The smallest absolute Gasteiger partial charge is 0.123 e. The van der Waals surface area contributed by atoms with Crippen molar-refractivity contribution in [2.75, 3.05) is 0 Å². The maximum atomic E-state index is 10.5. The summed E-state index contributed by atoms with van der Waals surface area (Å²) in [6.45, 7) is 6.30. The van der Waals surface area contributed by atoms with Crippen molar-refractivity contribution >= 4 is 5.94 Å². The van der Waals surface area contributed by atoms with Crippen molar-refractivity contribution in [3.05, 3.63) is 5.57 Å². The second kappa shape index (κ2) is 8.07. The number of unbranched alkanes of at least 4 members (excludes halogenated alkanes) is 2. The Morgan fingerprint density at radius 1 is 1.15 bits per heavy atom. The standard InChI is InChI=1S/C12H22O/c1-4-6-8-12(9-7-5-2)11(3)10-13/h12H,4-9H2,1-3H3. The Hall–Kier alpha value is -0.550. The minimum atomic E-state index is 0.498. The lowest BCUT2D eigenvalue weighted by molar-refractivity contribution is 0.473. The highest BCUT2D eigenvalue weighted by molar-refractivity contribution is 5.52. The Labute approximate surface area is 82.2 Å². The molecule has 13 heavy (non-hydrogen) atoms. The van der Waals surface area contributed by atoms with Crippen molar-refractivity contribution < 1.29 is 4.79 Å². The summed E-state index contributed by atoms with van der Waals surface area (Å²) in [5.41, 5.74) is 0.918. The molecule has 0 N–H and O–H groups in total. The second-order valence-electron chi connectivity index (χ2n) is 3.77. The minimum Gasteiger partial charge on any atom is -0.234 e. The third kappa shape index (κ3) is 5.65. The van der Waals surface area contributed by atoms with Crippen LogP contribution in [0.4, 0.5) is 0 Å². The summed E-state index contributed by atoms with van der Waals surface area (Å²) < 4.78 is 0. The number of rotatable bonds is 7. The molecule has 0 spiro atoms. The fourth-order valence-electron chi connectivity index (χ4n) is 1.56. The number of hydrogen-bond donors (Lipinski definition) is 0. The van der Waals surface area contributed by atoms with Crippen LogP contribution in [0.3, 0.4) is 0 Å². The van der Waals surface area contributed by atoms with Crippen LogP contribution in [-0.2, 0) is 4.79 Å². The average Bonchev–Trinajstić information content (AvgIpc) is 2.17. The predicted octanol–water partition coefficient (Wildman–Crippen LogP) is 3.76. The van der Waals surface area contributed by atoms with Crippen LogP contribution in [-0.4, -0.2) is 5.94 Å². The van der Waals surface area contributed by atoms with E-state index >= 15 is 0 Å². The summed E-state index contributed by atoms with van der Waals surface area (Å²) >= 11 is 0. The van der Waals surface area contributed by atoms with Gasteiger partial charge in [0.05, 0.1) is 0 Å². The Balaban J connectivity index is 3.95. The topological polar surface area (TPSA) is 17.1 Å². The molecule has 0 saturated carbocycles. The Morgan fingerprint density at radius 2 is 1.62 bits per heavy atom. The van der Waals surface area contributed by atoms with E-state index in [0.717, 1.165) is 18.4 Å². The molecule has 0 aliphatic rings. The predicted molar refractivity (Wildman–Crippen MR) is 57.4 cm³/mol. The first-order valence-corrected chi connectivity index (χ1v) is 5.47. The molecule has 1 heteroatoms. The van der Waals surface area contributed by atoms with Gasteiger partial charge in [0.2, 0.25) is 0 Å². The van der Waals surface area contributed by atoms with Crippen molar-refractivity contribution in [3.63, 3.8) is 0 Å². The normalized spacial score (nSPS) is 10.2. The molecule has 0 amide bonds. The molecule has 1 nitrogen and oxygen atoms in total. The zero-order chi connectivity index (χ0) is 10.1. The van der Waals surface area contributed by atoms with Gasteiger partial charge in [0.1, 0.15) is 5.94 Å². The first kappa shape index (κ1) is 12.4. The van der Waals surface area contributed by atoms with E-state index in [9.17, 15) is 4.79 Å². The monoisotopic (exact) mass is 182 g/mol. The number of hydrogen-bond acceptors (Lipinski definition) is 1. The molecule has 0 bridgehead atoms. The van der Waals surface area contributed by atoms with Crippen LogP contribution in [0.15, 0.2) is 5.57 Å². The molecule has 0 unspecified atom stereocenters. The summed E-state index contributed by atoms with van der Waals surface area (Å²) in [6, 6.07) is 0. The quantitative estimate of drug-likeness (QED) is 0.548. The highest BCUT2D eigenvalue weighted by Crippen LogP contribution is 2.21. The van der Waals surface area contributed by atoms with Crippen LogP contribution < -0.4 is 0 Å². The van der Waals surface area contributed by atoms with Gasteiger partial charge in [-0.3, -0.25) is 0 Å². The van der Waals surface area contributed by atoms with Gasteiger partial charge in [-0.25, -0.2) is 4.79 Å². The maximum Gasteiger partial charge on any atom is 0.123 e. The van der Waals surface area contributed by atoms with Crippen LogP contribution in [0.2, 0.25) is 0 Å². The molecule has 0 aliphatic carbocycles. The fraction of sp³-hybridized carbons (Fsp3) is 0.833. The molecule has 0 aliphatic heterocycles. The molecule has 0 saturated heterocycles. The van der Waals surface area contributed by atoms with Gasteiger partial charge in [-0.15, -0.1) is 0 Å². The zero-order valence-corrected chi connectivity index (χ0v) is 9.23. The highest BCUT2D eigenvalue weighted by atomic mass is 16.1. The summed E-state index contributed by atoms with van der Waals surface area (Å²) in [6.07, 6.45) is 7.22. The second-order valence-corrected chi connectivity index (χ2v) is 3.77. The molecule has 0 rings (SSSR count). The van der Waals surface area contributed by atoms with E-state index in [2.05, 4.69) is 13.8 Å². The lowest BCUT2D eigenvalue weighted by Crippen LogP contribution is -2.02. The lowest BCUT2D eigenvalue weighted by atomic mass is 9.90. The van der Waals surface area contributed by atoms with Crippen LogP contribution in [0.1, 0.15) is 59.3 Å². The summed E-state index contributed by atoms with van der Waals surface area (Å²) in [7, 11) is 0. The lowest BCUT2D eigenvalue weighted by Gasteiger charge is -2.14. The van der Waals surface area contributed by atoms with E-state index in [4.69, 9.17) is 0 Å². The van der Waals surface area contributed by atoms with Gasteiger partial charge in [0.25, 0.3) is 0 Å². The third-order valence-electron chi connectivity index (χ3n) is 2.59. The van der Waals surface area contributed by atoms with Gasteiger partial charge >= 0.3 is 0 Å². The molecule has 0 fully saturated rings. The van der Waals surface area contributed by atoms with Gasteiger partial charge in [-0.1, -0.05) is 39.5 Å². The molecule has 0 heterocycles. The maximum absolute atomic E-state index is 10.5. The van der Waals surface area contributed by atoms with Crippen LogP contribution in [0.5, 0.6) is 0 Å². The largest absolute Gasteiger partial charge is 0.234 e. The average molecular weight is 182 g/mol. The molecule has 0 atom stereocenters. The Morgan fingerprint density at radius 3 is 1.92 bits per heavy atom. The van der Waals surface area contributed by atoms with Crippen molar-refractivity contribution in [1.82, 2.24) is 0 Å². The highest BCUT2D eigenvalue weighted by Gasteiger charge is 2.10. The van der Waals surface area contributed by atoms with Gasteiger partial charge in [0.15, 0.2) is 0 Å². The molecule has 0 aromatic rings. The molecule has 0 radical (unpaired) electrons. The number of allylic oxidation sites excluding steroid dienone is 1. The van der Waals surface area contributed by atoms with E-state index < -0.39 is 0 Å². The van der Waals surface area contributed by atoms with E-state index in [1.807, 2.05) is 12.9 Å². The molecule has 0 aromatic heterocycles. The zero-order valence-electron chi connectivity index (χ0n) is 9.23. The first-order chi connectivity index (χ1) is 6.26. The van der Waals surface area contributed by atoms with Crippen LogP contribution in [0.25, 0.3) is 0 Å². The number of carbonyl (C=O) groups excluding carboxylic acids is 1. The third-order valence-corrected chi connectivity index (χ3v) is 2.59. The van der Waals surface area contributed by atoms with E-state index in [0.29, 0.717) is 5.92 Å². The SMILES string of the molecule is CCCCC(CCCC)C(C)=C=O. The van der Waals surface area contributed by atoms with Crippen molar-refractivity contribution in [2.45, 2.75) is 59.3 Å². The minimum absolute atomic E-state index is 0.498. The van der Waals surface area contributed by atoms with Crippen LogP contribution in [0, 0.1) is 5.92 Å². The van der Waals surface area contributed by atoms with E-state index in [1.54, 1.807) is 0 Å². The Bertz CT molecular complexity index is 158. The molecule has 76 valence electrons. The van der Waals surface area contributed by atoms with Crippen LogP contribution >= 0.6 is 0 Å². The van der Waals surface area contributed by atoms with Gasteiger partial charge in [0, 0.05) is 5.57 Å². The van der Waals surface area contributed by atoms with E-state index in [-0.39, 0.29) is 0 Å². The van der Waals surface area contributed by atoms with Gasteiger partial charge in [-0.2, -0.15) is 0 Å². The fourth-order valence-corrected chi connectivity index (χ4v) is 1.56. The molecular formula is C12H22O. The van der Waals surface area contributed by atoms with Gasteiger partial charge in [-0.05, 0) is 25.7 Å². The first-order valence-electron chi connectivity index (χ1n) is 5.47. The van der Waals surface area contributed by atoms with E-state index in [1.165, 1.54) is 25.7 Å². The van der Waals surface area contributed by atoms with Crippen molar-refractivity contribution in [2.24, 2.45) is 5.92 Å².